The molecule has 0 aliphatic carbocycles. The minimum absolute atomic E-state index is 0. The van der Waals surface area contributed by atoms with Gasteiger partial charge in [0.1, 0.15) is 6.61 Å². The monoisotopic (exact) mass is 234 g/mol. The normalized spacial score (nSPS) is 10.1. The van der Waals surface area contributed by atoms with Gasteiger partial charge in [-0.3, -0.25) is 4.79 Å². The van der Waals surface area contributed by atoms with Gasteiger partial charge in [-0.25, -0.2) is 4.79 Å². The van der Waals surface area contributed by atoms with Gasteiger partial charge in [-0.15, -0.1) is 12.4 Å². The Bertz CT molecular complexity index is 287. The first-order valence-corrected chi connectivity index (χ1v) is 4.03. The Morgan fingerprint density at radius 3 is 2.40 bits per heavy atom. The van der Waals surface area contributed by atoms with Gasteiger partial charge in [0.25, 0.3) is 0 Å². The van der Waals surface area contributed by atoms with Crippen LogP contribution in [0.1, 0.15) is 6.92 Å². The molecule has 0 spiro atoms. The van der Waals surface area contributed by atoms with Crippen LogP contribution >= 0.6 is 12.4 Å². The molecule has 6 heteroatoms. The SMILES string of the molecule is C=C(/C=C(\C)C(=O)OCCN)C(N)=O.Cl. The van der Waals surface area contributed by atoms with E-state index < -0.39 is 11.9 Å². The van der Waals surface area contributed by atoms with Gasteiger partial charge >= 0.3 is 5.97 Å². The Morgan fingerprint density at radius 1 is 1.47 bits per heavy atom. The third-order valence-electron chi connectivity index (χ3n) is 1.38. The summed E-state index contributed by atoms with van der Waals surface area (Å²) >= 11 is 0. The van der Waals surface area contributed by atoms with Crippen molar-refractivity contribution in [2.75, 3.05) is 13.2 Å². The Kier molecular flexibility index (Phi) is 8.61. The molecule has 0 saturated carbocycles. The van der Waals surface area contributed by atoms with Gasteiger partial charge in [0, 0.05) is 17.7 Å². The van der Waals surface area contributed by atoms with Crippen LogP contribution in [0.4, 0.5) is 0 Å². The van der Waals surface area contributed by atoms with Crippen LogP contribution in [0.2, 0.25) is 0 Å². The molecule has 0 bridgehead atoms. The number of ether oxygens (including phenoxy) is 1. The van der Waals surface area contributed by atoms with Gasteiger partial charge in [0.2, 0.25) is 5.91 Å². The summed E-state index contributed by atoms with van der Waals surface area (Å²) in [4.78, 5) is 21.7. The lowest BCUT2D eigenvalue weighted by molar-refractivity contribution is -0.138. The summed E-state index contributed by atoms with van der Waals surface area (Å²) in [5.74, 6) is -1.20. The van der Waals surface area contributed by atoms with Gasteiger partial charge in [-0.1, -0.05) is 6.58 Å². The van der Waals surface area contributed by atoms with Crippen molar-refractivity contribution in [3.05, 3.63) is 23.8 Å². The maximum absolute atomic E-state index is 11.1. The van der Waals surface area contributed by atoms with Crippen LogP contribution in [0.15, 0.2) is 23.8 Å². The van der Waals surface area contributed by atoms with Crippen LogP contribution in [-0.4, -0.2) is 25.0 Å². The van der Waals surface area contributed by atoms with Crippen molar-refractivity contribution in [3.63, 3.8) is 0 Å². The van der Waals surface area contributed by atoms with E-state index in [4.69, 9.17) is 16.2 Å². The van der Waals surface area contributed by atoms with E-state index in [2.05, 4.69) is 6.58 Å². The topological polar surface area (TPSA) is 95.4 Å². The zero-order valence-corrected chi connectivity index (χ0v) is 9.30. The Labute approximate surface area is 94.5 Å². The summed E-state index contributed by atoms with van der Waals surface area (Å²) in [6, 6.07) is 0. The fourth-order valence-corrected chi connectivity index (χ4v) is 0.657. The highest BCUT2D eigenvalue weighted by Crippen LogP contribution is 2.01. The second-order valence-corrected chi connectivity index (χ2v) is 2.64. The zero-order chi connectivity index (χ0) is 11.1. The highest BCUT2D eigenvalue weighted by molar-refractivity contribution is 5.97. The number of primary amides is 1. The summed E-state index contributed by atoms with van der Waals surface area (Å²) in [5, 5.41) is 0. The number of carbonyl (C=O) groups is 2. The molecule has 0 aliphatic heterocycles. The fourth-order valence-electron chi connectivity index (χ4n) is 0.657. The number of halogens is 1. The van der Waals surface area contributed by atoms with Crippen LogP contribution in [0.5, 0.6) is 0 Å². The molecule has 0 heterocycles. The summed E-state index contributed by atoms with van der Waals surface area (Å²) in [6.07, 6.45) is 1.28. The summed E-state index contributed by atoms with van der Waals surface area (Å²) < 4.78 is 4.71. The standard InChI is InChI=1S/C9H14N2O3.ClH/c1-6(8(11)12)5-7(2)9(13)14-4-3-10;/h5H,1,3-4,10H2,2H3,(H2,11,12);1H/b7-5+;. The quantitative estimate of drug-likeness (QED) is 0.394. The summed E-state index contributed by atoms with van der Waals surface area (Å²) in [7, 11) is 0. The van der Waals surface area contributed by atoms with Crippen LogP contribution in [-0.2, 0) is 14.3 Å². The number of amides is 1. The van der Waals surface area contributed by atoms with Crippen LogP contribution in [0, 0.1) is 0 Å². The maximum atomic E-state index is 11.1. The number of hydrogen-bond donors (Lipinski definition) is 2. The highest BCUT2D eigenvalue weighted by atomic mass is 35.5. The van der Waals surface area contributed by atoms with Crippen LogP contribution in [0.25, 0.3) is 0 Å². The van der Waals surface area contributed by atoms with Crippen LogP contribution in [0.3, 0.4) is 0 Å². The number of rotatable bonds is 5. The van der Waals surface area contributed by atoms with Gasteiger partial charge in [0.15, 0.2) is 0 Å². The Hall–Kier alpha value is -1.33. The molecule has 1 amide bonds. The van der Waals surface area contributed by atoms with Crippen molar-refractivity contribution in [1.82, 2.24) is 0 Å². The minimum atomic E-state index is -0.670. The molecule has 0 aromatic carbocycles. The van der Waals surface area contributed by atoms with Gasteiger partial charge < -0.3 is 16.2 Å². The van der Waals surface area contributed by atoms with Crippen molar-refractivity contribution in [2.45, 2.75) is 6.92 Å². The molecule has 0 aliphatic rings. The number of hydrogen-bond acceptors (Lipinski definition) is 4. The smallest absolute Gasteiger partial charge is 0.333 e. The fraction of sp³-hybridized carbons (Fsp3) is 0.333. The molecule has 15 heavy (non-hydrogen) atoms. The third-order valence-corrected chi connectivity index (χ3v) is 1.38. The summed E-state index contributed by atoms with van der Waals surface area (Å²) in [6.45, 7) is 5.29. The highest BCUT2D eigenvalue weighted by Gasteiger charge is 2.06. The molecule has 0 rings (SSSR count). The minimum Gasteiger partial charge on any atom is -0.461 e. The van der Waals surface area contributed by atoms with Crippen molar-refractivity contribution >= 4 is 24.3 Å². The van der Waals surface area contributed by atoms with E-state index in [0.717, 1.165) is 0 Å². The van der Waals surface area contributed by atoms with Gasteiger partial charge in [-0.05, 0) is 13.0 Å². The predicted molar refractivity (Wildman–Crippen MR) is 59.4 cm³/mol. The van der Waals surface area contributed by atoms with E-state index in [9.17, 15) is 9.59 Å². The lowest BCUT2D eigenvalue weighted by atomic mass is 10.2. The Balaban J connectivity index is 0. The van der Waals surface area contributed by atoms with E-state index in [0.29, 0.717) is 0 Å². The van der Waals surface area contributed by atoms with Gasteiger partial charge in [0.05, 0.1) is 0 Å². The first kappa shape index (κ1) is 16.1. The van der Waals surface area contributed by atoms with Gasteiger partial charge in [-0.2, -0.15) is 0 Å². The number of carbonyl (C=O) groups excluding carboxylic acids is 2. The maximum Gasteiger partial charge on any atom is 0.333 e. The molecule has 4 N–H and O–H groups in total. The molecule has 0 aromatic heterocycles. The lowest BCUT2D eigenvalue weighted by Crippen LogP contribution is -2.16. The molecule has 0 radical (unpaired) electrons. The molecule has 0 aromatic rings. The molecular formula is C9H15ClN2O3. The van der Waals surface area contributed by atoms with E-state index in [1.54, 1.807) is 0 Å². The third kappa shape index (κ3) is 6.70. The molecule has 0 unspecified atom stereocenters. The van der Waals surface area contributed by atoms with E-state index in [1.165, 1.54) is 13.0 Å². The average Bonchev–Trinajstić information content (AvgIpc) is 2.13. The van der Waals surface area contributed by atoms with Crippen molar-refractivity contribution in [2.24, 2.45) is 11.5 Å². The van der Waals surface area contributed by atoms with Crippen molar-refractivity contribution in [3.8, 4) is 0 Å². The van der Waals surface area contributed by atoms with E-state index in [1.807, 2.05) is 0 Å². The molecule has 0 atom stereocenters. The van der Waals surface area contributed by atoms with Crippen molar-refractivity contribution in [1.29, 1.82) is 0 Å². The molecule has 5 nitrogen and oxygen atoms in total. The first-order valence-electron chi connectivity index (χ1n) is 4.03. The average molecular weight is 235 g/mol. The number of nitrogens with two attached hydrogens (primary N) is 2. The second-order valence-electron chi connectivity index (χ2n) is 2.64. The van der Waals surface area contributed by atoms with Crippen molar-refractivity contribution < 1.29 is 14.3 Å². The number of esters is 1. The molecular weight excluding hydrogens is 220 g/mol. The largest absolute Gasteiger partial charge is 0.461 e. The predicted octanol–water partition coefficient (Wildman–Crippen LogP) is -0.102. The zero-order valence-electron chi connectivity index (χ0n) is 8.49. The Morgan fingerprint density at radius 2 is 2.00 bits per heavy atom. The van der Waals surface area contributed by atoms with Crippen LogP contribution < -0.4 is 11.5 Å². The molecule has 86 valence electrons. The first-order chi connectivity index (χ1) is 6.49. The van der Waals surface area contributed by atoms with E-state index >= 15 is 0 Å². The lowest BCUT2D eigenvalue weighted by Gasteiger charge is -2.02. The van der Waals surface area contributed by atoms with E-state index in [-0.39, 0.29) is 36.7 Å². The molecule has 0 saturated heterocycles. The molecule has 0 fully saturated rings. The second kappa shape index (κ2) is 8.02. The summed E-state index contributed by atoms with van der Waals surface area (Å²) in [5.41, 5.74) is 10.4.